The number of nitro groups is 1. The van der Waals surface area contributed by atoms with Gasteiger partial charge >= 0.3 is 17.9 Å². The van der Waals surface area contributed by atoms with Gasteiger partial charge in [0.25, 0.3) is 0 Å². The van der Waals surface area contributed by atoms with Crippen LogP contribution in [0.25, 0.3) is 10.4 Å². The highest BCUT2D eigenvalue weighted by atomic mass is 16.6. The topological polar surface area (TPSA) is 148 Å². The molecule has 0 bridgehead atoms. The minimum atomic E-state index is -0.760. The normalized spacial score (nSPS) is 25.5. The van der Waals surface area contributed by atoms with Crippen molar-refractivity contribution < 1.29 is 19.2 Å². The van der Waals surface area contributed by atoms with Gasteiger partial charge in [0.1, 0.15) is 17.9 Å². The van der Waals surface area contributed by atoms with Crippen LogP contribution in [0.1, 0.15) is 6.92 Å². The molecule has 122 valence electrons. The third kappa shape index (κ3) is 2.83. The van der Waals surface area contributed by atoms with E-state index in [4.69, 9.17) is 15.0 Å². The Hall–Kier alpha value is -3.01. The minimum Gasteiger partial charge on any atom is -0.444 e. The highest BCUT2D eigenvalue weighted by Crippen LogP contribution is 2.32. The second kappa shape index (κ2) is 5.32. The molecule has 2 atom stereocenters. The first-order valence-corrected chi connectivity index (χ1v) is 6.77. The van der Waals surface area contributed by atoms with Crippen LogP contribution < -0.4 is 4.74 Å². The van der Waals surface area contributed by atoms with E-state index in [1.54, 1.807) is 6.92 Å². The Labute approximate surface area is 129 Å². The van der Waals surface area contributed by atoms with Crippen molar-refractivity contribution in [3.63, 3.8) is 0 Å². The lowest BCUT2D eigenvalue weighted by molar-refractivity contribution is -0.389. The van der Waals surface area contributed by atoms with Crippen molar-refractivity contribution in [2.24, 2.45) is 5.11 Å². The Morgan fingerprint density at radius 2 is 2.48 bits per heavy atom. The van der Waals surface area contributed by atoms with E-state index in [2.05, 4.69) is 15.0 Å². The number of imidazole rings is 1. The molecule has 0 aliphatic carbocycles. The molecule has 23 heavy (non-hydrogen) atoms. The summed E-state index contributed by atoms with van der Waals surface area (Å²) >= 11 is 0. The van der Waals surface area contributed by atoms with Gasteiger partial charge in [-0.05, 0) is 17.4 Å². The van der Waals surface area contributed by atoms with Crippen molar-refractivity contribution in [3.05, 3.63) is 26.8 Å². The molecule has 0 spiro atoms. The first-order chi connectivity index (χ1) is 10.9. The molecule has 3 rings (SSSR count). The molecular formula is C11H13N7O5. The zero-order valence-corrected chi connectivity index (χ0v) is 12.2. The maximum Gasteiger partial charge on any atom is 0.415 e. The highest BCUT2D eigenvalue weighted by Gasteiger charge is 2.44. The second-order valence-corrected chi connectivity index (χ2v) is 5.62. The van der Waals surface area contributed by atoms with Crippen LogP contribution >= 0.6 is 0 Å². The molecule has 0 aromatic carbocycles. The van der Waals surface area contributed by atoms with Gasteiger partial charge in [0.2, 0.25) is 0 Å². The zero-order chi connectivity index (χ0) is 16.6. The van der Waals surface area contributed by atoms with Crippen molar-refractivity contribution in [2.45, 2.75) is 25.2 Å². The number of hydrogen-bond donors (Lipinski definition) is 0. The molecule has 0 radical (unpaired) electrons. The Morgan fingerprint density at radius 3 is 3.13 bits per heavy atom. The average molecular weight is 323 g/mol. The van der Waals surface area contributed by atoms with Gasteiger partial charge in [0.15, 0.2) is 0 Å². The molecule has 1 amide bonds. The summed E-state index contributed by atoms with van der Waals surface area (Å²) in [7, 11) is 0. The van der Waals surface area contributed by atoms with Crippen LogP contribution in [0.15, 0.2) is 11.3 Å². The molecule has 2 aliphatic rings. The van der Waals surface area contributed by atoms with Crippen molar-refractivity contribution in [3.8, 4) is 6.01 Å². The Morgan fingerprint density at radius 1 is 1.70 bits per heavy atom. The molecule has 1 aromatic rings. The van der Waals surface area contributed by atoms with Crippen LogP contribution in [0.2, 0.25) is 0 Å². The molecule has 0 saturated carbocycles. The summed E-state index contributed by atoms with van der Waals surface area (Å²) in [6.07, 6.45) is 0.304. The first kappa shape index (κ1) is 14.9. The monoisotopic (exact) mass is 323 g/mol. The minimum absolute atomic E-state index is 0.0735. The van der Waals surface area contributed by atoms with Crippen LogP contribution in [0.5, 0.6) is 6.01 Å². The summed E-state index contributed by atoms with van der Waals surface area (Å²) < 4.78 is 12.3. The molecule has 2 unspecified atom stereocenters. The number of nitrogens with zero attached hydrogens (tertiary/aromatic N) is 7. The van der Waals surface area contributed by atoms with Gasteiger partial charge in [-0.25, -0.2) is 4.79 Å². The number of cyclic esters (lactones) is 1. The van der Waals surface area contributed by atoms with Crippen molar-refractivity contribution >= 4 is 11.9 Å². The van der Waals surface area contributed by atoms with E-state index in [0.717, 1.165) is 0 Å². The molecule has 0 N–H and O–H groups in total. The number of ether oxygens (including phenoxy) is 2. The highest BCUT2D eigenvalue weighted by molar-refractivity contribution is 5.70. The fraction of sp³-hybridized carbons (Fsp3) is 0.636. The molecule has 12 heteroatoms. The Balaban J connectivity index is 1.64. The van der Waals surface area contributed by atoms with E-state index in [1.807, 2.05) is 0 Å². The molecule has 2 aliphatic heterocycles. The van der Waals surface area contributed by atoms with Gasteiger partial charge in [-0.1, -0.05) is 5.11 Å². The number of amides is 1. The van der Waals surface area contributed by atoms with E-state index >= 15 is 0 Å². The summed E-state index contributed by atoms with van der Waals surface area (Å²) in [6.45, 7) is 2.70. The second-order valence-electron chi connectivity index (χ2n) is 5.62. The smallest absolute Gasteiger partial charge is 0.415 e. The number of fused-ring (bicyclic) bond motifs is 1. The van der Waals surface area contributed by atoms with Crippen molar-refractivity contribution in [2.75, 3.05) is 19.6 Å². The lowest BCUT2D eigenvalue weighted by Crippen LogP contribution is -2.45. The van der Waals surface area contributed by atoms with Crippen LogP contribution in [-0.4, -0.2) is 56.8 Å². The van der Waals surface area contributed by atoms with Gasteiger partial charge in [0.05, 0.1) is 26.2 Å². The third-order valence-corrected chi connectivity index (χ3v) is 3.58. The first-order valence-electron chi connectivity index (χ1n) is 6.77. The van der Waals surface area contributed by atoms with E-state index < -0.39 is 22.7 Å². The summed E-state index contributed by atoms with van der Waals surface area (Å²) in [5.74, 6) is -0.280. The molecule has 1 saturated heterocycles. The molecule has 12 nitrogen and oxygen atoms in total. The Bertz CT molecular complexity index is 686. The van der Waals surface area contributed by atoms with Gasteiger partial charge < -0.3 is 24.5 Å². The summed E-state index contributed by atoms with van der Waals surface area (Å²) in [6, 6.07) is 0.150. The number of carbonyl (C=O) groups is 1. The van der Waals surface area contributed by atoms with Gasteiger partial charge in [-0.2, -0.15) is 0 Å². The standard InChI is InChI=1S/C11H13N7O5/c1-11(5-16-4-8(18(20)21)14-9(16)23-11)6-17-3-7(2-13-15-12)22-10(17)19/h4,7H,2-3,5-6H2,1H3. The summed E-state index contributed by atoms with van der Waals surface area (Å²) in [4.78, 5) is 29.8. The number of hydrogen-bond acceptors (Lipinski definition) is 7. The fourth-order valence-corrected chi connectivity index (χ4v) is 2.69. The van der Waals surface area contributed by atoms with Gasteiger partial charge in [0, 0.05) is 9.90 Å². The lowest BCUT2D eigenvalue weighted by Gasteiger charge is -2.26. The summed E-state index contributed by atoms with van der Waals surface area (Å²) in [5.41, 5.74) is 7.53. The maximum absolute atomic E-state index is 11.8. The quantitative estimate of drug-likeness (QED) is 0.260. The average Bonchev–Trinajstić information content (AvgIpc) is 3.09. The van der Waals surface area contributed by atoms with Crippen LogP contribution in [-0.2, 0) is 11.3 Å². The molecule has 3 heterocycles. The van der Waals surface area contributed by atoms with Gasteiger partial charge in [-0.15, -0.1) is 0 Å². The predicted molar refractivity (Wildman–Crippen MR) is 73.8 cm³/mol. The van der Waals surface area contributed by atoms with E-state index in [-0.39, 0.29) is 24.9 Å². The van der Waals surface area contributed by atoms with Crippen LogP contribution in [0.4, 0.5) is 10.6 Å². The number of azide groups is 1. The Kier molecular flexibility index (Phi) is 3.45. The lowest BCUT2D eigenvalue weighted by atomic mass is 10.1. The van der Waals surface area contributed by atoms with Crippen LogP contribution in [0, 0.1) is 10.1 Å². The molecule has 1 fully saturated rings. The van der Waals surface area contributed by atoms with Crippen molar-refractivity contribution in [1.29, 1.82) is 0 Å². The van der Waals surface area contributed by atoms with Crippen LogP contribution in [0.3, 0.4) is 0 Å². The number of carbonyl (C=O) groups excluding carboxylic acids is 1. The van der Waals surface area contributed by atoms with Gasteiger partial charge in [-0.3, -0.25) is 4.57 Å². The zero-order valence-electron chi connectivity index (χ0n) is 12.2. The predicted octanol–water partition coefficient (Wildman–Crippen LogP) is 1.07. The SMILES string of the molecule is CC1(CN2CC(CN=[N+]=[N-])OC2=O)Cn2cc([N+](=O)[O-])nc2O1. The van der Waals surface area contributed by atoms with E-state index in [0.29, 0.717) is 13.1 Å². The molecule has 1 aromatic heterocycles. The number of aromatic nitrogens is 2. The van der Waals surface area contributed by atoms with E-state index in [9.17, 15) is 14.9 Å². The fourth-order valence-electron chi connectivity index (χ4n) is 2.69. The van der Waals surface area contributed by atoms with Crippen molar-refractivity contribution in [1.82, 2.24) is 14.5 Å². The summed E-state index contributed by atoms with van der Waals surface area (Å²) in [5, 5.41) is 14.1. The maximum atomic E-state index is 11.8. The number of rotatable bonds is 5. The third-order valence-electron chi connectivity index (χ3n) is 3.58. The van der Waals surface area contributed by atoms with E-state index in [1.165, 1.54) is 15.7 Å². The largest absolute Gasteiger partial charge is 0.444 e. The molecular weight excluding hydrogens is 310 g/mol.